The van der Waals surface area contributed by atoms with Crippen molar-refractivity contribution in [3.8, 4) is 0 Å². The molecule has 6 heteroatoms. The van der Waals surface area contributed by atoms with Crippen molar-refractivity contribution in [2.45, 2.75) is 13.8 Å². The Morgan fingerprint density at radius 3 is 2.37 bits per heavy atom. The van der Waals surface area contributed by atoms with Gasteiger partial charge in [-0.05, 0) is 37.1 Å². The summed E-state index contributed by atoms with van der Waals surface area (Å²) in [7, 11) is 0. The fraction of sp³-hybridized carbons (Fsp3) is 0.154. The van der Waals surface area contributed by atoms with Crippen molar-refractivity contribution in [3.05, 3.63) is 53.1 Å². The average molecular weight is 260 g/mol. The third-order valence-electron chi connectivity index (χ3n) is 2.75. The number of imidazole rings is 1. The van der Waals surface area contributed by atoms with E-state index >= 15 is 0 Å². The molecule has 1 N–H and O–H groups in total. The van der Waals surface area contributed by atoms with Crippen LogP contribution in [0.15, 0.2) is 30.9 Å². The van der Waals surface area contributed by atoms with Crippen molar-refractivity contribution in [3.63, 3.8) is 0 Å². The Morgan fingerprint density at radius 2 is 1.84 bits per heavy atom. The highest BCUT2D eigenvalue weighted by Crippen LogP contribution is 2.16. The molecule has 0 aliphatic heterocycles. The summed E-state index contributed by atoms with van der Waals surface area (Å²) in [6.07, 6.45) is 4.20. The molecule has 0 bridgehead atoms. The van der Waals surface area contributed by atoms with Gasteiger partial charge in [0.15, 0.2) is 0 Å². The normalized spacial score (nSPS) is 10.2. The van der Waals surface area contributed by atoms with Crippen LogP contribution in [0, 0.1) is 13.8 Å². The predicted octanol–water partition coefficient (Wildman–Crippen LogP) is 1.47. The second-order valence-electron chi connectivity index (χ2n) is 4.09. The zero-order valence-electron chi connectivity index (χ0n) is 10.5. The van der Waals surface area contributed by atoms with Crippen LogP contribution in [0.5, 0.6) is 0 Å². The largest absolute Gasteiger partial charge is 0.478 e. The number of aromatic nitrogens is 2. The smallest absolute Gasteiger partial charge is 0.364 e. The fourth-order valence-electron chi connectivity index (χ4n) is 1.61. The molecule has 0 aliphatic carbocycles. The second kappa shape index (κ2) is 4.93. The molecule has 0 spiro atoms. The molecule has 19 heavy (non-hydrogen) atoms. The summed E-state index contributed by atoms with van der Waals surface area (Å²) < 4.78 is 1.11. The standard InChI is InChI=1S/C13H12N2O4/c1-8-5-10(12(16)17)11(6-9(8)2)13(18)19-15-4-3-14-7-15/h3-7H,1-2H3,(H,16,17). The lowest BCUT2D eigenvalue weighted by Gasteiger charge is -2.09. The molecular formula is C13H12N2O4. The van der Waals surface area contributed by atoms with Crippen LogP contribution in [0.1, 0.15) is 31.8 Å². The van der Waals surface area contributed by atoms with E-state index in [1.54, 1.807) is 13.8 Å². The first-order chi connectivity index (χ1) is 8.99. The van der Waals surface area contributed by atoms with Gasteiger partial charge in [0, 0.05) is 6.20 Å². The maximum Gasteiger partial charge on any atom is 0.364 e. The van der Waals surface area contributed by atoms with Gasteiger partial charge in [-0.1, -0.05) is 0 Å². The quantitative estimate of drug-likeness (QED) is 0.903. The Hall–Kier alpha value is -2.63. The molecule has 0 amide bonds. The Balaban J connectivity index is 2.40. The lowest BCUT2D eigenvalue weighted by Crippen LogP contribution is -2.21. The van der Waals surface area contributed by atoms with Crippen LogP contribution in [0.3, 0.4) is 0 Å². The molecule has 0 unspecified atom stereocenters. The van der Waals surface area contributed by atoms with Gasteiger partial charge in [-0.25, -0.2) is 14.6 Å². The Bertz CT molecular complexity index is 632. The van der Waals surface area contributed by atoms with Crippen LogP contribution in [0.4, 0.5) is 0 Å². The van der Waals surface area contributed by atoms with Gasteiger partial charge in [-0.2, -0.15) is 4.73 Å². The Labute approximate surface area is 109 Å². The van der Waals surface area contributed by atoms with Crippen molar-refractivity contribution in [1.82, 2.24) is 9.71 Å². The molecule has 6 nitrogen and oxygen atoms in total. The van der Waals surface area contributed by atoms with Gasteiger partial charge in [0.1, 0.15) is 6.33 Å². The molecule has 0 saturated carbocycles. The monoisotopic (exact) mass is 260 g/mol. The topological polar surface area (TPSA) is 81.4 Å². The molecule has 0 fully saturated rings. The van der Waals surface area contributed by atoms with E-state index in [0.29, 0.717) is 0 Å². The van der Waals surface area contributed by atoms with Crippen LogP contribution in [-0.4, -0.2) is 26.8 Å². The number of benzene rings is 1. The number of rotatable bonds is 3. The lowest BCUT2D eigenvalue weighted by molar-refractivity contribution is 0.0451. The summed E-state index contributed by atoms with van der Waals surface area (Å²) in [5.74, 6) is -1.90. The highest BCUT2D eigenvalue weighted by Gasteiger charge is 2.20. The third-order valence-corrected chi connectivity index (χ3v) is 2.75. The molecule has 2 aromatic rings. The molecule has 0 radical (unpaired) electrons. The number of hydrogen-bond donors (Lipinski definition) is 1. The van der Waals surface area contributed by atoms with Crippen molar-refractivity contribution in [1.29, 1.82) is 0 Å². The lowest BCUT2D eigenvalue weighted by atomic mass is 10.00. The van der Waals surface area contributed by atoms with Gasteiger partial charge in [-0.3, -0.25) is 0 Å². The van der Waals surface area contributed by atoms with Gasteiger partial charge in [0.25, 0.3) is 0 Å². The van der Waals surface area contributed by atoms with Gasteiger partial charge in [0.05, 0.1) is 17.3 Å². The van der Waals surface area contributed by atoms with E-state index in [4.69, 9.17) is 9.94 Å². The highest BCUT2D eigenvalue weighted by molar-refractivity contribution is 6.02. The summed E-state index contributed by atoms with van der Waals surface area (Å²) in [6, 6.07) is 2.97. The molecule has 0 aliphatic rings. The highest BCUT2D eigenvalue weighted by atomic mass is 16.7. The number of carbonyl (C=O) groups is 2. The summed E-state index contributed by atoms with van der Waals surface area (Å²) in [4.78, 5) is 31.8. The van der Waals surface area contributed by atoms with Crippen molar-refractivity contribution in [2.24, 2.45) is 0 Å². The fourth-order valence-corrected chi connectivity index (χ4v) is 1.61. The molecule has 98 valence electrons. The molecule has 1 aromatic carbocycles. The molecule has 1 aromatic heterocycles. The summed E-state index contributed by atoms with van der Waals surface area (Å²) in [5, 5.41) is 9.13. The van der Waals surface area contributed by atoms with E-state index in [0.717, 1.165) is 15.9 Å². The van der Waals surface area contributed by atoms with Crippen LogP contribution in [0.25, 0.3) is 0 Å². The number of aryl methyl sites for hydroxylation is 2. The second-order valence-corrected chi connectivity index (χ2v) is 4.09. The van der Waals surface area contributed by atoms with E-state index in [2.05, 4.69) is 4.98 Å². The zero-order valence-corrected chi connectivity index (χ0v) is 10.5. The first-order valence-electron chi connectivity index (χ1n) is 5.54. The van der Waals surface area contributed by atoms with E-state index in [1.807, 2.05) is 0 Å². The third kappa shape index (κ3) is 2.62. The minimum absolute atomic E-state index is 0.0179. The Kier molecular flexibility index (Phi) is 3.33. The van der Waals surface area contributed by atoms with E-state index in [1.165, 1.54) is 30.9 Å². The van der Waals surface area contributed by atoms with Crippen molar-refractivity contribution < 1.29 is 19.5 Å². The molecule has 2 rings (SSSR count). The molecule has 0 saturated heterocycles. The van der Waals surface area contributed by atoms with Crippen LogP contribution in [0.2, 0.25) is 0 Å². The van der Waals surface area contributed by atoms with Crippen LogP contribution in [-0.2, 0) is 0 Å². The maximum absolute atomic E-state index is 12.0. The van der Waals surface area contributed by atoms with Gasteiger partial charge < -0.3 is 9.94 Å². The summed E-state index contributed by atoms with van der Waals surface area (Å²) in [5.41, 5.74) is 1.57. The first kappa shape index (κ1) is 12.8. The molecular weight excluding hydrogens is 248 g/mol. The van der Waals surface area contributed by atoms with E-state index < -0.39 is 11.9 Å². The average Bonchev–Trinajstić information content (AvgIpc) is 2.84. The van der Waals surface area contributed by atoms with Gasteiger partial charge >= 0.3 is 11.9 Å². The van der Waals surface area contributed by atoms with Gasteiger partial charge in [-0.15, -0.1) is 0 Å². The molecule has 1 heterocycles. The number of carboxylic acids is 1. The minimum Gasteiger partial charge on any atom is -0.478 e. The molecule has 0 atom stereocenters. The first-order valence-corrected chi connectivity index (χ1v) is 5.54. The Morgan fingerprint density at radius 1 is 1.21 bits per heavy atom. The zero-order chi connectivity index (χ0) is 14.0. The number of aromatic carboxylic acids is 1. The number of hydrogen-bond acceptors (Lipinski definition) is 4. The maximum atomic E-state index is 12.0. The van der Waals surface area contributed by atoms with Gasteiger partial charge in [0.2, 0.25) is 0 Å². The van der Waals surface area contributed by atoms with Crippen molar-refractivity contribution in [2.75, 3.05) is 0 Å². The summed E-state index contributed by atoms with van der Waals surface area (Å²) >= 11 is 0. The predicted molar refractivity (Wildman–Crippen MR) is 66.0 cm³/mol. The van der Waals surface area contributed by atoms with E-state index in [-0.39, 0.29) is 11.1 Å². The van der Waals surface area contributed by atoms with E-state index in [9.17, 15) is 9.59 Å². The minimum atomic E-state index is -1.17. The number of nitrogens with zero attached hydrogens (tertiary/aromatic N) is 2. The SMILES string of the molecule is Cc1cc(C(=O)O)c(C(=O)On2ccnc2)cc1C. The van der Waals surface area contributed by atoms with Crippen LogP contribution >= 0.6 is 0 Å². The number of carbonyl (C=O) groups excluding carboxylic acids is 1. The van der Waals surface area contributed by atoms with Crippen LogP contribution < -0.4 is 4.84 Å². The van der Waals surface area contributed by atoms with Crippen molar-refractivity contribution >= 4 is 11.9 Å². The summed E-state index contributed by atoms with van der Waals surface area (Å²) in [6.45, 7) is 3.59. The number of carboxylic acid groups (broad SMARTS) is 1.